The summed E-state index contributed by atoms with van der Waals surface area (Å²) in [5, 5.41) is 21.7. The van der Waals surface area contributed by atoms with E-state index in [2.05, 4.69) is 20.9 Å². The van der Waals surface area contributed by atoms with Gasteiger partial charge in [0.25, 0.3) is 11.7 Å². The molecule has 1 unspecified atom stereocenters. The highest BCUT2D eigenvalue weighted by molar-refractivity contribution is 9.10. The van der Waals surface area contributed by atoms with E-state index < -0.39 is 17.7 Å². The number of hydrogen-bond acceptors (Lipinski definition) is 8. The van der Waals surface area contributed by atoms with Crippen LogP contribution in [0.4, 0.5) is 0 Å². The number of Topliss-reactive ketones (excluding diaryl/α,β-unsaturated/α-hetero) is 1. The van der Waals surface area contributed by atoms with Gasteiger partial charge in [-0.25, -0.2) is 0 Å². The fourth-order valence-corrected chi connectivity index (χ4v) is 4.79. The number of phenols is 1. The number of nitrogens with zero attached hydrogens (tertiary/aromatic N) is 2. The molecule has 0 aliphatic carbocycles. The number of carbonyl (C=O) groups excluding carboxylic acids is 2. The Morgan fingerprint density at radius 3 is 2.56 bits per heavy atom. The van der Waals surface area contributed by atoms with E-state index in [0.29, 0.717) is 40.3 Å². The Morgan fingerprint density at radius 2 is 1.83 bits per heavy atom. The summed E-state index contributed by atoms with van der Waals surface area (Å²) in [5.74, 6) is -0.964. The minimum atomic E-state index is -0.961. The van der Waals surface area contributed by atoms with Crippen LogP contribution in [0.1, 0.15) is 22.7 Å². The Morgan fingerprint density at radius 1 is 1.11 bits per heavy atom. The number of aliphatic hydroxyl groups excluding tert-OH is 1. The molecule has 3 heterocycles. The number of amides is 1. The van der Waals surface area contributed by atoms with Crippen LogP contribution in [0.15, 0.2) is 64.9 Å². The summed E-state index contributed by atoms with van der Waals surface area (Å²) in [4.78, 5) is 32.0. The molecule has 1 fully saturated rings. The molecule has 2 aliphatic heterocycles. The van der Waals surface area contributed by atoms with Gasteiger partial charge in [-0.15, -0.1) is 0 Å². The van der Waals surface area contributed by atoms with Crippen molar-refractivity contribution in [1.29, 1.82) is 0 Å². The zero-order valence-electron chi connectivity index (χ0n) is 19.1. The van der Waals surface area contributed by atoms with Crippen LogP contribution in [0.3, 0.4) is 0 Å². The van der Waals surface area contributed by atoms with E-state index in [0.717, 1.165) is 5.56 Å². The second-order valence-electron chi connectivity index (χ2n) is 8.19. The Bertz CT molecular complexity index is 1390. The molecule has 0 bridgehead atoms. The van der Waals surface area contributed by atoms with Crippen LogP contribution in [-0.2, 0) is 16.1 Å². The van der Waals surface area contributed by atoms with Gasteiger partial charge in [0.1, 0.15) is 19.0 Å². The van der Waals surface area contributed by atoms with E-state index in [1.165, 1.54) is 18.1 Å². The molecule has 2 N–H and O–H groups in total. The first-order valence-electron chi connectivity index (χ1n) is 11.0. The van der Waals surface area contributed by atoms with Crippen molar-refractivity contribution < 1.29 is 34.0 Å². The maximum atomic E-state index is 13.3. The van der Waals surface area contributed by atoms with E-state index >= 15 is 0 Å². The number of phenolic OH excluding ortho intramolecular Hbond substituents is 1. The second-order valence-corrected chi connectivity index (χ2v) is 9.05. The maximum Gasteiger partial charge on any atom is 0.295 e. The lowest BCUT2D eigenvalue weighted by Crippen LogP contribution is -2.29. The number of hydrogen-bond donors (Lipinski definition) is 2. The van der Waals surface area contributed by atoms with Gasteiger partial charge < -0.3 is 29.3 Å². The highest BCUT2D eigenvalue weighted by atomic mass is 79.9. The smallest absolute Gasteiger partial charge is 0.295 e. The zero-order valence-corrected chi connectivity index (χ0v) is 20.7. The molecule has 10 heteroatoms. The number of likely N-dealkylation sites (tertiary alicyclic amines) is 1. The number of aromatic hydroxyl groups is 1. The van der Waals surface area contributed by atoms with E-state index in [1.54, 1.807) is 48.8 Å². The number of carbonyl (C=O) groups is 2. The van der Waals surface area contributed by atoms with Gasteiger partial charge in [-0.2, -0.15) is 0 Å². The van der Waals surface area contributed by atoms with Crippen LogP contribution >= 0.6 is 15.9 Å². The first kappa shape index (κ1) is 23.7. The van der Waals surface area contributed by atoms with Gasteiger partial charge in [-0.05, 0) is 69.5 Å². The van der Waals surface area contributed by atoms with Crippen molar-refractivity contribution >= 4 is 33.4 Å². The van der Waals surface area contributed by atoms with E-state index in [-0.39, 0.29) is 29.4 Å². The quantitative estimate of drug-likeness (QED) is 0.277. The number of pyridine rings is 1. The molecule has 184 valence electrons. The average Bonchev–Trinajstić information content (AvgIpc) is 3.15. The topological polar surface area (TPSA) is 118 Å². The van der Waals surface area contributed by atoms with Crippen LogP contribution in [0.25, 0.3) is 5.76 Å². The Kier molecular flexibility index (Phi) is 6.27. The van der Waals surface area contributed by atoms with Gasteiger partial charge in [-0.1, -0.05) is 0 Å². The summed E-state index contributed by atoms with van der Waals surface area (Å²) in [6, 6.07) is 10.5. The van der Waals surface area contributed by atoms with E-state index in [9.17, 15) is 19.8 Å². The minimum absolute atomic E-state index is 0.0922. The first-order chi connectivity index (χ1) is 17.4. The Labute approximate surface area is 214 Å². The molecule has 9 nitrogen and oxygen atoms in total. The van der Waals surface area contributed by atoms with Gasteiger partial charge >= 0.3 is 0 Å². The summed E-state index contributed by atoms with van der Waals surface area (Å²) in [6.07, 6.45) is 3.19. The monoisotopic (exact) mass is 552 g/mol. The van der Waals surface area contributed by atoms with Crippen LogP contribution in [-0.4, -0.2) is 52.1 Å². The lowest BCUT2D eigenvalue weighted by atomic mass is 9.94. The highest BCUT2D eigenvalue weighted by Crippen LogP contribution is 2.45. The third-order valence-electron chi connectivity index (χ3n) is 6.04. The number of rotatable bonds is 5. The van der Waals surface area contributed by atoms with Gasteiger partial charge in [0.2, 0.25) is 0 Å². The van der Waals surface area contributed by atoms with Gasteiger partial charge in [0, 0.05) is 24.5 Å². The summed E-state index contributed by atoms with van der Waals surface area (Å²) >= 11 is 3.31. The molecule has 36 heavy (non-hydrogen) atoms. The van der Waals surface area contributed by atoms with Crippen molar-refractivity contribution in [1.82, 2.24) is 9.88 Å². The summed E-state index contributed by atoms with van der Waals surface area (Å²) in [5.41, 5.74) is 1.42. The van der Waals surface area contributed by atoms with Crippen molar-refractivity contribution in [3.8, 4) is 23.0 Å². The lowest BCUT2D eigenvalue weighted by molar-refractivity contribution is -0.140. The average molecular weight is 553 g/mol. The standard InChI is InChI=1S/C26H21BrN2O7/c1-34-20-12-16(10-17(27)24(20)31)22-21(23(30)15-2-3-18-19(11-15)36-9-8-35-18)25(32)26(33)29(22)13-14-4-6-28-7-5-14/h2-7,10-12,22,30-31H,8-9,13H2,1H3/b23-21-. The van der Waals surface area contributed by atoms with E-state index in [1.807, 2.05) is 0 Å². The first-order valence-corrected chi connectivity index (χ1v) is 11.8. The molecule has 1 aromatic heterocycles. The summed E-state index contributed by atoms with van der Waals surface area (Å²) in [7, 11) is 1.40. The molecular formula is C26H21BrN2O7. The molecule has 5 rings (SSSR count). The lowest BCUT2D eigenvalue weighted by Gasteiger charge is -2.26. The normalized spacial score (nSPS) is 18.4. The SMILES string of the molecule is COc1cc(C2/C(=C(/O)c3ccc4c(c3)OCCO4)C(=O)C(=O)N2Cc2ccncc2)cc(Br)c1O. The molecule has 3 aromatic rings. The number of ketones is 1. The summed E-state index contributed by atoms with van der Waals surface area (Å²) in [6.45, 7) is 0.862. The Balaban J connectivity index is 1.68. The molecule has 2 aromatic carbocycles. The summed E-state index contributed by atoms with van der Waals surface area (Å²) < 4.78 is 16.8. The molecule has 1 atom stereocenters. The number of methoxy groups -OCH3 is 1. The van der Waals surface area contributed by atoms with Crippen LogP contribution in [0, 0.1) is 0 Å². The van der Waals surface area contributed by atoms with Crippen LogP contribution < -0.4 is 14.2 Å². The fraction of sp³-hybridized carbons (Fsp3) is 0.192. The van der Waals surface area contributed by atoms with E-state index in [4.69, 9.17) is 14.2 Å². The number of ether oxygens (including phenoxy) is 3. The molecular weight excluding hydrogens is 532 g/mol. The second kappa shape index (κ2) is 9.54. The zero-order chi connectivity index (χ0) is 25.4. The number of aliphatic hydroxyl groups is 1. The van der Waals surface area contributed by atoms with Crippen LogP contribution in [0.5, 0.6) is 23.0 Å². The number of aromatic nitrogens is 1. The molecule has 1 saturated heterocycles. The van der Waals surface area contributed by atoms with Crippen molar-refractivity contribution in [2.24, 2.45) is 0 Å². The number of benzene rings is 2. The van der Waals surface area contributed by atoms with Gasteiger partial charge in [0.15, 0.2) is 23.0 Å². The van der Waals surface area contributed by atoms with Crippen molar-refractivity contribution in [2.45, 2.75) is 12.6 Å². The number of halogens is 1. The maximum absolute atomic E-state index is 13.3. The van der Waals surface area contributed by atoms with Gasteiger partial charge in [0.05, 0.1) is 23.2 Å². The number of fused-ring (bicyclic) bond motifs is 1. The highest BCUT2D eigenvalue weighted by Gasteiger charge is 2.46. The predicted octanol–water partition coefficient (Wildman–Crippen LogP) is 3.95. The van der Waals surface area contributed by atoms with Gasteiger partial charge in [-0.3, -0.25) is 14.6 Å². The molecule has 0 radical (unpaired) electrons. The Hall–Kier alpha value is -4.05. The third-order valence-corrected chi connectivity index (χ3v) is 6.65. The van der Waals surface area contributed by atoms with Crippen molar-refractivity contribution in [3.05, 3.63) is 81.6 Å². The van der Waals surface area contributed by atoms with Crippen molar-refractivity contribution in [3.63, 3.8) is 0 Å². The predicted molar refractivity (Wildman–Crippen MR) is 132 cm³/mol. The minimum Gasteiger partial charge on any atom is -0.507 e. The van der Waals surface area contributed by atoms with Crippen LogP contribution in [0.2, 0.25) is 0 Å². The molecule has 2 aliphatic rings. The molecule has 0 saturated carbocycles. The van der Waals surface area contributed by atoms with Crippen molar-refractivity contribution in [2.75, 3.05) is 20.3 Å². The molecule has 0 spiro atoms. The molecule has 1 amide bonds. The largest absolute Gasteiger partial charge is 0.507 e. The fourth-order valence-electron chi connectivity index (χ4n) is 4.33. The third kappa shape index (κ3) is 4.13.